The second-order valence-electron chi connectivity index (χ2n) is 5.23. The predicted octanol–water partition coefficient (Wildman–Crippen LogP) is 3.41. The first-order chi connectivity index (χ1) is 11.1. The van der Waals surface area contributed by atoms with Crippen LogP contribution in [0.5, 0.6) is 5.75 Å². The highest BCUT2D eigenvalue weighted by atomic mass is 35.5. The van der Waals surface area contributed by atoms with Gasteiger partial charge in [0.05, 0.1) is 18.1 Å². The van der Waals surface area contributed by atoms with Crippen molar-refractivity contribution in [3.8, 4) is 5.75 Å². The maximum atomic E-state index is 12.6. The summed E-state index contributed by atoms with van der Waals surface area (Å²) in [4.78, 5) is 24.4. The smallest absolute Gasteiger partial charge is 0.232 e. The molecule has 5 nitrogen and oxygen atoms in total. The van der Waals surface area contributed by atoms with Crippen molar-refractivity contribution in [2.45, 2.75) is 12.3 Å². The van der Waals surface area contributed by atoms with Crippen molar-refractivity contribution < 1.29 is 14.3 Å². The molecule has 2 aromatic carbocycles. The summed E-state index contributed by atoms with van der Waals surface area (Å²) in [5.74, 6) is -0.405. The number of rotatable bonds is 3. The Morgan fingerprint density at radius 1 is 1.30 bits per heavy atom. The normalized spacial score (nSPS) is 16.3. The molecule has 1 heterocycles. The highest BCUT2D eigenvalue weighted by Crippen LogP contribution is 2.33. The predicted molar refractivity (Wildman–Crippen MR) is 89.1 cm³/mol. The van der Waals surface area contributed by atoms with Crippen LogP contribution in [0.25, 0.3) is 0 Å². The van der Waals surface area contributed by atoms with Crippen molar-refractivity contribution >= 4 is 34.8 Å². The highest BCUT2D eigenvalue weighted by Gasteiger charge is 2.30. The summed E-state index contributed by atoms with van der Waals surface area (Å²) < 4.78 is 5.08. The molecule has 1 atom stereocenters. The number of hydrogen-bond acceptors (Lipinski definition) is 3. The molecular formula is C17H15ClN2O3. The molecule has 0 aliphatic carbocycles. The maximum absolute atomic E-state index is 12.6. The summed E-state index contributed by atoms with van der Waals surface area (Å²) in [7, 11) is 1.52. The minimum Gasteiger partial charge on any atom is -0.495 e. The van der Waals surface area contributed by atoms with Crippen molar-refractivity contribution in [3.63, 3.8) is 0 Å². The summed E-state index contributed by atoms with van der Waals surface area (Å²) in [6.07, 6.45) is 0.118. The quantitative estimate of drug-likeness (QED) is 0.906. The standard InChI is InChI=1S/C17H15ClN2O3/c1-23-15-7-6-10(8-13(15)18)19-17(22)12-9-16(21)20-14-5-3-2-4-11(12)14/h2-8,12H,9H2,1H3,(H,19,22)(H,20,21)/t12-/m1/s1. The van der Waals surface area contributed by atoms with E-state index in [-0.39, 0.29) is 18.2 Å². The largest absolute Gasteiger partial charge is 0.495 e. The van der Waals surface area contributed by atoms with Crippen LogP contribution in [0.4, 0.5) is 11.4 Å². The van der Waals surface area contributed by atoms with Crippen molar-refractivity contribution in [3.05, 3.63) is 53.1 Å². The van der Waals surface area contributed by atoms with Gasteiger partial charge in [0.2, 0.25) is 11.8 Å². The van der Waals surface area contributed by atoms with Gasteiger partial charge in [-0.15, -0.1) is 0 Å². The molecule has 0 spiro atoms. The Hall–Kier alpha value is -2.53. The average molecular weight is 331 g/mol. The number of halogens is 1. The summed E-state index contributed by atoms with van der Waals surface area (Å²) in [5, 5.41) is 5.99. The van der Waals surface area contributed by atoms with Gasteiger partial charge in [-0.2, -0.15) is 0 Å². The summed E-state index contributed by atoms with van der Waals surface area (Å²) in [6, 6.07) is 12.3. The number of carbonyl (C=O) groups excluding carboxylic acids is 2. The molecule has 0 fully saturated rings. The van der Waals surface area contributed by atoms with Crippen LogP contribution < -0.4 is 15.4 Å². The molecule has 23 heavy (non-hydrogen) atoms. The van der Waals surface area contributed by atoms with Gasteiger partial charge in [0.25, 0.3) is 0 Å². The topological polar surface area (TPSA) is 67.4 Å². The third kappa shape index (κ3) is 3.14. The zero-order valence-electron chi connectivity index (χ0n) is 12.4. The lowest BCUT2D eigenvalue weighted by molar-refractivity contribution is -0.123. The number of anilines is 2. The van der Waals surface area contributed by atoms with E-state index in [2.05, 4.69) is 10.6 Å². The third-order valence-corrected chi connectivity index (χ3v) is 4.03. The minimum atomic E-state index is -0.527. The molecule has 0 saturated heterocycles. The van der Waals surface area contributed by atoms with E-state index in [0.29, 0.717) is 22.1 Å². The lowest BCUT2D eigenvalue weighted by atomic mass is 9.90. The first-order valence-electron chi connectivity index (χ1n) is 7.11. The van der Waals surface area contributed by atoms with Gasteiger partial charge in [-0.3, -0.25) is 9.59 Å². The fourth-order valence-corrected chi connectivity index (χ4v) is 2.88. The lowest BCUT2D eigenvalue weighted by Crippen LogP contribution is -2.30. The number of fused-ring (bicyclic) bond motifs is 1. The number of nitrogens with one attached hydrogen (secondary N) is 2. The molecule has 0 aromatic heterocycles. The zero-order valence-corrected chi connectivity index (χ0v) is 13.2. The van der Waals surface area contributed by atoms with Gasteiger partial charge in [-0.25, -0.2) is 0 Å². The average Bonchev–Trinajstić information content (AvgIpc) is 2.54. The molecule has 3 rings (SSSR count). The van der Waals surface area contributed by atoms with E-state index in [0.717, 1.165) is 5.56 Å². The van der Waals surface area contributed by atoms with Gasteiger partial charge in [0.15, 0.2) is 0 Å². The van der Waals surface area contributed by atoms with E-state index in [1.54, 1.807) is 24.3 Å². The van der Waals surface area contributed by atoms with Crippen LogP contribution in [0.1, 0.15) is 17.9 Å². The van der Waals surface area contributed by atoms with Crippen LogP contribution in [0, 0.1) is 0 Å². The Morgan fingerprint density at radius 3 is 2.83 bits per heavy atom. The monoisotopic (exact) mass is 330 g/mol. The first kappa shape index (κ1) is 15.4. The molecule has 2 N–H and O–H groups in total. The van der Waals surface area contributed by atoms with E-state index in [1.807, 2.05) is 18.2 Å². The first-order valence-corrected chi connectivity index (χ1v) is 7.49. The van der Waals surface area contributed by atoms with Gasteiger partial charge in [-0.05, 0) is 29.8 Å². The second kappa shape index (κ2) is 6.30. The van der Waals surface area contributed by atoms with Crippen molar-refractivity contribution in [1.82, 2.24) is 0 Å². The van der Waals surface area contributed by atoms with E-state index >= 15 is 0 Å². The molecule has 0 unspecified atom stereocenters. The van der Waals surface area contributed by atoms with E-state index in [1.165, 1.54) is 7.11 Å². The Balaban J connectivity index is 1.84. The number of para-hydroxylation sites is 1. The van der Waals surface area contributed by atoms with Crippen molar-refractivity contribution in [1.29, 1.82) is 0 Å². The van der Waals surface area contributed by atoms with Crippen LogP contribution in [0.3, 0.4) is 0 Å². The highest BCUT2D eigenvalue weighted by molar-refractivity contribution is 6.32. The number of amides is 2. The van der Waals surface area contributed by atoms with Crippen LogP contribution in [0.2, 0.25) is 5.02 Å². The number of methoxy groups -OCH3 is 1. The summed E-state index contributed by atoms with van der Waals surface area (Å²) in [6.45, 7) is 0. The summed E-state index contributed by atoms with van der Waals surface area (Å²) in [5.41, 5.74) is 2.05. The molecule has 0 saturated carbocycles. The SMILES string of the molecule is COc1ccc(NC(=O)[C@@H]2CC(=O)Nc3ccccc32)cc1Cl. The Bertz CT molecular complexity index is 776. The van der Waals surface area contributed by atoms with E-state index in [9.17, 15) is 9.59 Å². The molecule has 6 heteroatoms. The molecular weight excluding hydrogens is 316 g/mol. The molecule has 0 bridgehead atoms. The molecule has 1 aliphatic heterocycles. The Morgan fingerprint density at radius 2 is 2.09 bits per heavy atom. The fourth-order valence-electron chi connectivity index (χ4n) is 2.62. The van der Waals surface area contributed by atoms with Crippen LogP contribution in [-0.4, -0.2) is 18.9 Å². The maximum Gasteiger partial charge on any atom is 0.232 e. The second-order valence-corrected chi connectivity index (χ2v) is 5.64. The number of hydrogen-bond donors (Lipinski definition) is 2. The van der Waals surface area contributed by atoms with E-state index in [4.69, 9.17) is 16.3 Å². The fraction of sp³-hybridized carbons (Fsp3) is 0.176. The molecule has 1 aliphatic rings. The van der Waals surface area contributed by atoms with Gasteiger partial charge in [0, 0.05) is 17.8 Å². The number of carbonyl (C=O) groups is 2. The zero-order chi connectivity index (χ0) is 16.4. The van der Waals surface area contributed by atoms with Gasteiger partial charge >= 0.3 is 0 Å². The molecule has 2 aromatic rings. The van der Waals surface area contributed by atoms with Crippen LogP contribution in [0.15, 0.2) is 42.5 Å². The molecule has 118 valence electrons. The summed E-state index contributed by atoms with van der Waals surface area (Å²) >= 11 is 6.06. The van der Waals surface area contributed by atoms with E-state index < -0.39 is 5.92 Å². The Kier molecular flexibility index (Phi) is 4.21. The number of benzene rings is 2. The van der Waals surface area contributed by atoms with Gasteiger partial charge in [-0.1, -0.05) is 29.8 Å². The van der Waals surface area contributed by atoms with Crippen LogP contribution >= 0.6 is 11.6 Å². The molecule has 0 radical (unpaired) electrons. The van der Waals surface area contributed by atoms with Crippen molar-refractivity contribution in [2.75, 3.05) is 17.7 Å². The van der Waals surface area contributed by atoms with Gasteiger partial charge in [0.1, 0.15) is 5.75 Å². The third-order valence-electron chi connectivity index (χ3n) is 3.74. The minimum absolute atomic E-state index is 0.118. The lowest BCUT2D eigenvalue weighted by Gasteiger charge is -2.24. The number of ether oxygens (including phenoxy) is 1. The van der Waals surface area contributed by atoms with Crippen molar-refractivity contribution in [2.24, 2.45) is 0 Å². The Labute approximate surface area is 138 Å². The van der Waals surface area contributed by atoms with Crippen LogP contribution in [-0.2, 0) is 9.59 Å². The van der Waals surface area contributed by atoms with Gasteiger partial charge < -0.3 is 15.4 Å². The molecule has 2 amide bonds.